The van der Waals surface area contributed by atoms with Crippen LogP contribution in [0.4, 0.5) is 0 Å². The Bertz CT molecular complexity index is 725. The Morgan fingerprint density at radius 3 is 2.80 bits per heavy atom. The number of para-hydroxylation sites is 2. The van der Waals surface area contributed by atoms with Crippen molar-refractivity contribution >= 4 is 11.0 Å². The van der Waals surface area contributed by atoms with E-state index in [-0.39, 0.29) is 5.92 Å². The van der Waals surface area contributed by atoms with E-state index in [4.69, 9.17) is 10.7 Å². The predicted octanol–water partition coefficient (Wildman–Crippen LogP) is 2.18. The zero-order valence-corrected chi connectivity index (χ0v) is 11.8. The zero-order chi connectivity index (χ0) is 14.1. The molecule has 1 unspecified atom stereocenters. The molecule has 0 radical (unpaired) electrons. The van der Waals surface area contributed by atoms with Gasteiger partial charge in [0.2, 0.25) is 0 Å². The van der Waals surface area contributed by atoms with Crippen LogP contribution >= 0.6 is 0 Å². The van der Waals surface area contributed by atoms with Gasteiger partial charge in [-0.15, -0.1) is 0 Å². The Kier molecular flexibility index (Phi) is 3.28. The van der Waals surface area contributed by atoms with Crippen LogP contribution in [0.2, 0.25) is 0 Å². The van der Waals surface area contributed by atoms with Crippen LogP contribution in [0.3, 0.4) is 0 Å². The summed E-state index contributed by atoms with van der Waals surface area (Å²) in [4.78, 5) is 4.77. The second-order valence-electron chi connectivity index (χ2n) is 4.97. The maximum atomic E-state index is 5.98. The molecule has 2 heterocycles. The highest BCUT2D eigenvalue weighted by molar-refractivity contribution is 5.76. The van der Waals surface area contributed by atoms with Gasteiger partial charge in [0, 0.05) is 18.8 Å². The number of aryl methyl sites for hydroxylation is 2. The number of benzene rings is 1. The van der Waals surface area contributed by atoms with Gasteiger partial charge in [0.25, 0.3) is 0 Å². The first kappa shape index (κ1) is 12.9. The molecule has 0 saturated carbocycles. The highest BCUT2D eigenvalue weighted by atomic mass is 15.1. The maximum absolute atomic E-state index is 5.98. The van der Waals surface area contributed by atoms with Gasteiger partial charge < -0.3 is 10.3 Å². The summed E-state index contributed by atoms with van der Waals surface area (Å²) in [6.07, 6.45) is 0. The molecule has 0 aliphatic heterocycles. The number of aromatic amines is 1. The molecule has 0 aliphatic rings. The highest BCUT2D eigenvalue weighted by Crippen LogP contribution is 2.26. The number of hydrogen-bond donors (Lipinski definition) is 2. The summed E-state index contributed by atoms with van der Waals surface area (Å²) < 4.78 is 2.22. The molecule has 104 valence electrons. The molecule has 3 rings (SSSR count). The van der Waals surface area contributed by atoms with E-state index in [1.165, 1.54) is 0 Å². The van der Waals surface area contributed by atoms with E-state index in [0.29, 0.717) is 6.54 Å². The Morgan fingerprint density at radius 2 is 2.15 bits per heavy atom. The molecule has 0 bridgehead atoms. The molecule has 2 aromatic heterocycles. The summed E-state index contributed by atoms with van der Waals surface area (Å²) >= 11 is 0. The van der Waals surface area contributed by atoms with Crippen molar-refractivity contribution in [3.05, 3.63) is 47.5 Å². The highest BCUT2D eigenvalue weighted by Gasteiger charge is 2.22. The van der Waals surface area contributed by atoms with Crippen molar-refractivity contribution < 1.29 is 0 Å². The zero-order valence-electron chi connectivity index (χ0n) is 11.8. The van der Waals surface area contributed by atoms with E-state index in [1.54, 1.807) is 0 Å². The summed E-state index contributed by atoms with van der Waals surface area (Å²) in [5.74, 6) is 1.01. The van der Waals surface area contributed by atoms with Crippen molar-refractivity contribution in [1.29, 1.82) is 0 Å². The van der Waals surface area contributed by atoms with Crippen LogP contribution in [0.25, 0.3) is 11.0 Å². The largest absolute Gasteiger partial charge is 0.329 e. The third kappa shape index (κ3) is 2.00. The first-order valence-corrected chi connectivity index (χ1v) is 6.91. The summed E-state index contributed by atoms with van der Waals surface area (Å²) in [5, 5.41) is 7.33. The van der Waals surface area contributed by atoms with Gasteiger partial charge in [-0.1, -0.05) is 12.1 Å². The smallest absolute Gasteiger partial charge is 0.120 e. The molecule has 1 aromatic carbocycles. The molecular formula is C15H19N5. The molecule has 0 fully saturated rings. The fraction of sp³-hybridized carbons (Fsp3) is 0.333. The van der Waals surface area contributed by atoms with Gasteiger partial charge >= 0.3 is 0 Å². The Labute approximate surface area is 117 Å². The first-order chi connectivity index (χ1) is 9.74. The summed E-state index contributed by atoms with van der Waals surface area (Å²) in [6.45, 7) is 5.48. The van der Waals surface area contributed by atoms with E-state index >= 15 is 0 Å². The summed E-state index contributed by atoms with van der Waals surface area (Å²) in [7, 11) is 0. The van der Waals surface area contributed by atoms with Gasteiger partial charge in [-0.05, 0) is 32.0 Å². The topological polar surface area (TPSA) is 72.5 Å². The van der Waals surface area contributed by atoms with Gasteiger partial charge in [0.15, 0.2) is 0 Å². The molecule has 5 nitrogen and oxygen atoms in total. The number of aromatic nitrogens is 4. The van der Waals surface area contributed by atoms with Crippen LogP contribution in [-0.2, 0) is 6.54 Å². The van der Waals surface area contributed by atoms with Gasteiger partial charge in [-0.3, -0.25) is 5.10 Å². The lowest BCUT2D eigenvalue weighted by Crippen LogP contribution is -2.19. The minimum absolute atomic E-state index is 0.0206. The van der Waals surface area contributed by atoms with E-state index in [9.17, 15) is 0 Å². The Morgan fingerprint density at radius 1 is 1.35 bits per heavy atom. The van der Waals surface area contributed by atoms with E-state index < -0.39 is 0 Å². The number of fused-ring (bicyclic) bond motifs is 1. The average molecular weight is 269 g/mol. The maximum Gasteiger partial charge on any atom is 0.120 e. The van der Waals surface area contributed by atoms with Crippen LogP contribution in [0.15, 0.2) is 30.3 Å². The van der Waals surface area contributed by atoms with E-state index in [2.05, 4.69) is 27.8 Å². The third-order valence-corrected chi connectivity index (χ3v) is 3.63. The number of H-pyrrole nitrogens is 1. The quantitative estimate of drug-likeness (QED) is 0.762. The van der Waals surface area contributed by atoms with Gasteiger partial charge in [-0.2, -0.15) is 5.10 Å². The Balaban J connectivity index is 2.16. The van der Waals surface area contributed by atoms with Gasteiger partial charge in [0.05, 0.1) is 22.6 Å². The van der Waals surface area contributed by atoms with Crippen molar-refractivity contribution in [3.8, 4) is 0 Å². The molecule has 0 aliphatic carbocycles. The number of rotatable bonds is 4. The van der Waals surface area contributed by atoms with Crippen LogP contribution in [0.5, 0.6) is 0 Å². The molecule has 0 saturated heterocycles. The number of nitrogens with one attached hydrogen (secondary N) is 1. The predicted molar refractivity (Wildman–Crippen MR) is 79.6 cm³/mol. The molecular weight excluding hydrogens is 250 g/mol. The molecule has 0 amide bonds. The van der Waals surface area contributed by atoms with Crippen LogP contribution in [-0.4, -0.2) is 26.3 Å². The molecule has 3 aromatic rings. The van der Waals surface area contributed by atoms with Gasteiger partial charge in [-0.25, -0.2) is 4.98 Å². The van der Waals surface area contributed by atoms with Crippen molar-refractivity contribution in [1.82, 2.24) is 19.7 Å². The van der Waals surface area contributed by atoms with Crippen molar-refractivity contribution in [3.63, 3.8) is 0 Å². The van der Waals surface area contributed by atoms with Crippen molar-refractivity contribution in [2.75, 3.05) is 6.54 Å². The molecule has 1 atom stereocenters. The molecule has 5 heteroatoms. The lowest BCUT2D eigenvalue weighted by atomic mass is 10.0. The number of nitrogens with two attached hydrogens (primary N) is 1. The van der Waals surface area contributed by atoms with E-state index in [1.807, 2.05) is 31.2 Å². The number of nitrogens with zero attached hydrogens (tertiary/aromatic N) is 3. The normalized spacial score (nSPS) is 12.9. The van der Waals surface area contributed by atoms with Crippen molar-refractivity contribution in [2.24, 2.45) is 5.73 Å². The molecule has 0 spiro atoms. The second kappa shape index (κ2) is 5.09. The lowest BCUT2D eigenvalue weighted by Gasteiger charge is -2.13. The summed E-state index contributed by atoms with van der Waals surface area (Å²) in [5.41, 5.74) is 10.1. The van der Waals surface area contributed by atoms with Crippen LogP contribution in [0.1, 0.15) is 30.1 Å². The Hall–Kier alpha value is -2.14. The molecule has 3 N–H and O–H groups in total. The van der Waals surface area contributed by atoms with Crippen LogP contribution < -0.4 is 5.73 Å². The fourth-order valence-electron chi connectivity index (χ4n) is 2.67. The average Bonchev–Trinajstić information content (AvgIpc) is 3.03. The number of hydrogen-bond acceptors (Lipinski definition) is 3. The first-order valence-electron chi connectivity index (χ1n) is 6.91. The SMILES string of the molecule is CCn1c(C(CN)c2cc(C)[nH]n2)nc2ccccc21. The monoisotopic (exact) mass is 269 g/mol. The van der Waals surface area contributed by atoms with Crippen LogP contribution in [0, 0.1) is 6.92 Å². The van der Waals surface area contributed by atoms with Gasteiger partial charge in [0.1, 0.15) is 5.82 Å². The minimum atomic E-state index is 0.0206. The standard InChI is InChI=1S/C15H19N5/c1-3-20-14-7-5-4-6-12(14)17-15(20)11(9-16)13-8-10(2)18-19-13/h4-8,11H,3,9,16H2,1-2H3,(H,18,19). The fourth-order valence-corrected chi connectivity index (χ4v) is 2.67. The lowest BCUT2D eigenvalue weighted by molar-refractivity contribution is 0.648. The third-order valence-electron chi connectivity index (χ3n) is 3.63. The number of imidazole rings is 1. The van der Waals surface area contributed by atoms with Crippen molar-refractivity contribution in [2.45, 2.75) is 26.3 Å². The molecule has 20 heavy (non-hydrogen) atoms. The van der Waals surface area contributed by atoms with E-state index in [0.717, 1.165) is 34.8 Å². The second-order valence-corrected chi connectivity index (χ2v) is 4.97. The summed E-state index contributed by atoms with van der Waals surface area (Å²) in [6, 6.07) is 10.2. The minimum Gasteiger partial charge on any atom is -0.329 e.